The normalized spacial score (nSPS) is 20.7. The first-order valence-electron chi connectivity index (χ1n) is 5.61. The molecule has 1 atom stereocenters. The largest absolute Gasteiger partial charge is 0.414 e. The minimum absolute atomic E-state index is 0.552. The van der Waals surface area contributed by atoms with E-state index in [0.29, 0.717) is 13.1 Å². The van der Waals surface area contributed by atoms with Crippen LogP contribution in [-0.2, 0) is 4.74 Å². The molecule has 5 heteroatoms. The van der Waals surface area contributed by atoms with Crippen LogP contribution < -0.4 is 0 Å². The minimum Gasteiger partial charge on any atom is -0.414 e. The van der Waals surface area contributed by atoms with Gasteiger partial charge in [0.1, 0.15) is 6.61 Å². The first kappa shape index (κ1) is 13.3. The third-order valence-corrected chi connectivity index (χ3v) is 3.01. The van der Waals surface area contributed by atoms with Gasteiger partial charge in [0.2, 0.25) is 5.79 Å². The molecule has 1 saturated heterocycles. The molecule has 0 aromatic heterocycles. The number of aliphatic hydroxyl groups excluding tert-OH is 1. The van der Waals surface area contributed by atoms with Gasteiger partial charge >= 0.3 is 6.09 Å². The molecule has 0 aliphatic carbocycles. The molecule has 1 fully saturated rings. The van der Waals surface area contributed by atoms with Gasteiger partial charge in [0.15, 0.2) is 0 Å². The molecule has 0 aromatic rings. The van der Waals surface area contributed by atoms with Gasteiger partial charge in [0, 0.05) is 18.5 Å². The number of ether oxygens (including phenoxy) is 1. The predicted octanol–water partition coefficient (Wildman–Crippen LogP) is 0.946. The topological polar surface area (TPSA) is 70.0 Å². The summed E-state index contributed by atoms with van der Waals surface area (Å²) in [5.74, 6) is -1.83. The van der Waals surface area contributed by atoms with E-state index in [2.05, 4.69) is 0 Å². The van der Waals surface area contributed by atoms with Gasteiger partial charge in [-0.05, 0) is 12.8 Å². The molecular weight excluding hydrogens is 210 g/mol. The van der Waals surface area contributed by atoms with Gasteiger partial charge in [0.05, 0.1) is 0 Å². The Labute approximate surface area is 96.0 Å². The van der Waals surface area contributed by atoms with Gasteiger partial charge in [-0.1, -0.05) is 20.8 Å². The second-order valence-corrected chi connectivity index (χ2v) is 5.25. The quantitative estimate of drug-likeness (QED) is 0.694. The van der Waals surface area contributed by atoms with Crippen LogP contribution in [-0.4, -0.2) is 46.7 Å². The molecule has 1 amide bonds. The van der Waals surface area contributed by atoms with Crippen molar-refractivity contribution in [2.45, 2.75) is 39.4 Å². The van der Waals surface area contributed by atoms with Crippen LogP contribution in [0.25, 0.3) is 0 Å². The number of amides is 1. The molecule has 0 bridgehead atoms. The number of hydrogen-bond acceptors (Lipinski definition) is 4. The van der Waals surface area contributed by atoms with E-state index in [4.69, 9.17) is 9.84 Å². The highest BCUT2D eigenvalue weighted by atomic mass is 16.7. The molecule has 1 rings (SSSR count). The summed E-state index contributed by atoms with van der Waals surface area (Å²) >= 11 is 0. The Morgan fingerprint density at radius 3 is 2.19 bits per heavy atom. The van der Waals surface area contributed by atoms with Gasteiger partial charge in [-0.3, -0.25) is 0 Å². The lowest BCUT2D eigenvalue weighted by molar-refractivity contribution is -0.248. The van der Waals surface area contributed by atoms with Gasteiger partial charge < -0.3 is 19.8 Å². The molecule has 0 radical (unpaired) electrons. The number of carbonyl (C=O) groups is 1. The van der Waals surface area contributed by atoms with Crippen LogP contribution in [0.3, 0.4) is 0 Å². The molecule has 0 unspecified atom stereocenters. The maximum absolute atomic E-state index is 11.7. The third kappa shape index (κ3) is 2.65. The summed E-state index contributed by atoms with van der Waals surface area (Å²) in [4.78, 5) is 13.2. The van der Waals surface area contributed by atoms with Crippen molar-refractivity contribution in [3.63, 3.8) is 0 Å². The van der Waals surface area contributed by atoms with E-state index in [0.717, 1.165) is 12.8 Å². The number of likely N-dealkylation sites (tertiary alicyclic amines) is 1. The minimum atomic E-state index is -1.83. The van der Waals surface area contributed by atoms with Crippen molar-refractivity contribution in [1.82, 2.24) is 4.90 Å². The van der Waals surface area contributed by atoms with Crippen molar-refractivity contribution in [2.24, 2.45) is 5.41 Å². The van der Waals surface area contributed by atoms with Crippen LogP contribution in [0.15, 0.2) is 0 Å². The van der Waals surface area contributed by atoms with Gasteiger partial charge in [-0.25, -0.2) is 4.79 Å². The van der Waals surface area contributed by atoms with Crippen molar-refractivity contribution in [2.75, 3.05) is 19.7 Å². The van der Waals surface area contributed by atoms with Gasteiger partial charge in [-0.15, -0.1) is 0 Å². The zero-order valence-corrected chi connectivity index (χ0v) is 10.2. The van der Waals surface area contributed by atoms with E-state index in [-0.39, 0.29) is 0 Å². The molecule has 0 saturated carbocycles. The van der Waals surface area contributed by atoms with Crippen LogP contribution in [0.4, 0.5) is 4.79 Å². The number of hydrogen-bond donors (Lipinski definition) is 2. The SMILES string of the molecule is CC(C)(C)[C@@](O)(CO)OC(=O)N1CCCC1. The fourth-order valence-electron chi connectivity index (χ4n) is 1.53. The zero-order chi connectivity index (χ0) is 12.4. The highest BCUT2D eigenvalue weighted by Gasteiger charge is 2.44. The highest BCUT2D eigenvalue weighted by molar-refractivity contribution is 5.68. The average molecular weight is 231 g/mol. The summed E-state index contributed by atoms with van der Waals surface area (Å²) < 4.78 is 5.03. The maximum Gasteiger partial charge on any atom is 0.412 e. The molecular formula is C11H21NO4. The second-order valence-electron chi connectivity index (χ2n) is 5.25. The Bertz CT molecular complexity index is 255. The number of aliphatic hydroxyl groups is 2. The van der Waals surface area contributed by atoms with E-state index in [1.54, 1.807) is 25.7 Å². The molecule has 16 heavy (non-hydrogen) atoms. The standard InChI is InChI=1S/C11H21NO4/c1-10(2,3)11(15,8-13)16-9(14)12-6-4-5-7-12/h13,15H,4-8H2,1-3H3/t11-/m1/s1. The Hall–Kier alpha value is -0.810. The molecule has 0 spiro atoms. The van der Waals surface area contributed by atoms with Gasteiger partial charge in [-0.2, -0.15) is 0 Å². The Morgan fingerprint density at radius 2 is 1.81 bits per heavy atom. The van der Waals surface area contributed by atoms with E-state index in [9.17, 15) is 9.90 Å². The Kier molecular flexibility index (Phi) is 3.80. The molecule has 0 aromatic carbocycles. The lowest BCUT2D eigenvalue weighted by Crippen LogP contribution is -2.52. The Balaban J connectivity index is 2.66. The van der Waals surface area contributed by atoms with Crippen LogP contribution in [0.2, 0.25) is 0 Å². The third-order valence-electron chi connectivity index (χ3n) is 3.01. The summed E-state index contributed by atoms with van der Waals surface area (Å²) in [5, 5.41) is 19.2. The Morgan fingerprint density at radius 1 is 1.31 bits per heavy atom. The van der Waals surface area contributed by atoms with Gasteiger partial charge in [0.25, 0.3) is 0 Å². The smallest absolute Gasteiger partial charge is 0.412 e. The average Bonchev–Trinajstić information content (AvgIpc) is 2.68. The number of carbonyl (C=O) groups excluding carboxylic acids is 1. The molecule has 2 N–H and O–H groups in total. The van der Waals surface area contributed by atoms with Crippen molar-refractivity contribution in [1.29, 1.82) is 0 Å². The van der Waals surface area contributed by atoms with Crippen molar-refractivity contribution in [3.8, 4) is 0 Å². The molecule has 1 aliphatic rings. The summed E-state index contributed by atoms with van der Waals surface area (Å²) in [7, 11) is 0. The molecule has 1 heterocycles. The second kappa shape index (κ2) is 4.59. The summed E-state index contributed by atoms with van der Waals surface area (Å²) in [5.41, 5.74) is -0.725. The van der Waals surface area contributed by atoms with Crippen molar-refractivity contribution >= 4 is 6.09 Å². The molecule has 1 aliphatic heterocycles. The predicted molar refractivity (Wildman–Crippen MR) is 58.8 cm³/mol. The van der Waals surface area contributed by atoms with Crippen LogP contribution in [0, 0.1) is 5.41 Å². The van der Waals surface area contributed by atoms with E-state index in [1.807, 2.05) is 0 Å². The van der Waals surface area contributed by atoms with Crippen LogP contribution >= 0.6 is 0 Å². The van der Waals surface area contributed by atoms with E-state index in [1.165, 1.54) is 0 Å². The highest BCUT2D eigenvalue weighted by Crippen LogP contribution is 2.31. The summed E-state index contributed by atoms with van der Waals surface area (Å²) in [6.07, 6.45) is 1.37. The first-order chi connectivity index (χ1) is 7.30. The van der Waals surface area contributed by atoms with Crippen molar-refractivity contribution < 1.29 is 19.7 Å². The lowest BCUT2D eigenvalue weighted by Gasteiger charge is -2.38. The van der Waals surface area contributed by atoms with E-state index >= 15 is 0 Å². The number of rotatable bonds is 2. The molecule has 5 nitrogen and oxygen atoms in total. The number of nitrogens with zero attached hydrogens (tertiary/aromatic N) is 1. The summed E-state index contributed by atoms with van der Waals surface area (Å²) in [6.45, 7) is 5.84. The first-order valence-corrected chi connectivity index (χ1v) is 5.61. The summed E-state index contributed by atoms with van der Waals surface area (Å²) in [6, 6.07) is 0. The molecule has 94 valence electrons. The maximum atomic E-state index is 11.7. The van der Waals surface area contributed by atoms with Crippen molar-refractivity contribution in [3.05, 3.63) is 0 Å². The van der Waals surface area contributed by atoms with E-state index < -0.39 is 23.9 Å². The fourth-order valence-corrected chi connectivity index (χ4v) is 1.53. The zero-order valence-electron chi connectivity index (χ0n) is 10.2. The fraction of sp³-hybridized carbons (Fsp3) is 0.909. The van der Waals surface area contributed by atoms with Crippen LogP contribution in [0.5, 0.6) is 0 Å². The van der Waals surface area contributed by atoms with Crippen LogP contribution in [0.1, 0.15) is 33.6 Å². The monoisotopic (exact) mass is 231 g/mol. The lowest BCUT2D eigenvalue weighted by atomic mass is 9.86.